The monoisotopic (exact) mass is 401 g/mol. The van der Waals surface area contributed by atoms with E-state index < -0.39 is 0 Å². The Labute approximate surface area is 178 Å². The lowest BCUT2D eigenvalue weighted by Crippen LogP contribution is -2.35. The van der Waals surface area contributed by atoms with Crippen LogP contribution in [0.25, 0.3) is 10.9 Å². The highest BCUT2D eigenvalue weighted by Gasteiger charge is 2.29. The summed E-state index contributed by atoms with van der Waals surface area (Å²) in [5, 5.41) is 7.98. The van der Waals surface area contributed by atoms with Crippen LogP contribution in [0.2, 0.25) is 0 Å². The van der Waals surface area contributed by atoms with Crippen molar-refractivity contribution in [3.63, 3.8) is 0 Å². The average Bonchev–Trinajstić information content (AvgIpc) is 2.79. The average molecular weight is 402 g/mol. The quantitative estimate of drug-likeness (QED) is 0.378. The first-order valence-corrected chi connectivity index (χ1v) is 10.8. The Morgan fingerprint density at radius 3 is 2.77 bits per heavy atom. The second-order valence-electron chi connectivity index (χ2n) is 8.28. The fraction of sp³-hybridized carbons (Fsp3) is 0.360. The van der Waals surface area contributed by atoms with Gasteiger partial charge in [0.2, 0.25) is 5.52 Å². The minimum Gasteiger partial charge on any atom is -0.494 e. The molecule has 1 aromatic heterocycles. The van der Waals surface area contributed by atoms with E-state index in [0.29, 0.717) is 0 Å². The van der Waals surface area contributed by atoms with Crippen LogP contribution in [-0.4, -0.2) is 33.5 Å². The molecule has 0 radical (unpaired) electrons. The third-order valence-electron chi connectivity index (χ3n) is 6.45. The Morgan fingerprint density at radius 1 is 1.13 bits per heavy atom. The van der Waals surface area contributed by atoms with Crippen molar-refractivity contribution in [3.05, 3.63) is 59.3 Å². The fourth-order valence-corrected chi connectivity index (χ4v) is 4.99. The molecule has 0 aliphatic carbocycles. The number of benzene rings is 2. The van der Waals surface area contributed by atoms with Crippen molar-refractivity contribution in [2.24, 2.45) is 12.1 Å². The maximum atomic E-state index is 5.93. The van der Waals surface area contributed by atoms with Gasteiger partial charge in [-0.3, -0.25) is 5.01 Å². The summed E-state index contributed by atoms with van der Waals surface area (Å²) >= 11 is 0. The van der Waals surface area contributed by atoms with Gasteiger partial charge in [-0.15, -0.1) is 0 Å². The first-order valence-electron chi connectivity index (χ1n) is 10.8. The number of hydrazone groups is 1. The number of fused-ring (bicyclic) bond motifs is 1. The number of ether oxygens (including phenoxy) is 1. The number of pyridine rings is 1. The smallest absolute Gasteiger partial charge is 0.212 e. The summed E-state index contributed by atoms with van der Waals surface area (Å²) in [5.74, 6) is 0.976. The van der Waals surface area contributed by atoms with Gasteiger partial charge in [0.25, 0.3) is 0 Å². The Hall–Kier alpha value is -3.08. The van der Waals surface area contributed by atoms with Crippen LogP contribution in [0.5, 0.6) is 5.75 Å². The number of anilines is 2. The number of para-hydroxylation sites is 1. The molecule has 154 valence electrons. The first-order chi connectivity index (χ1) is 14.7. The number of hydrogen-bond donors (Lipinski definition) is 0. The van der Waals surface area contributed by atoms with Gasteiger partial charge in [-0.1, -0.05) is 12.1 Å². The molecule has 30 heavy (non-hydrogen) atoms. The maximum absolute atomic E-state index is 5.93. The van der Waals surface area contributed by atoms with Crippen molar-refractivity contribution in [1.29, 1.82) is 0 Å². The van der Waals surface area contributed by atoms with Crippen molar-refractivity contribution >= 4 is 28.5 Å². The third-order valence-corrected chi connectivity index (χ3v) is 6.45. The SMILES string of the molecule is COc1c(N(C)/N=C/c2cc[n+](C)c3ccccc23)cc2c3c1CCCN3CCC2. The van der Waals surface area contributed by atoms with Crippen molar-refractivity contribution < 1.29 is 9.30 Å². The topological polar surface area (TPSA) is 31.9 Å². The van der Waals surface area contributed by atoms with Crippen LogP contribution in [0, 0.1) is 0 Å². The molecule has 2 aliphatic heterocycles. The lowest BCUT2D eigenvalue weighted by Gasteiger charge is -2.38. The molecule has 0 spiro atoms. The third kappa shape index (κ3) is 3.09. The fourth-order valence-electron chi connectivity index (χ4n) is 4.99. The van der Waals surface area contributed by atoms with Gasteiger partial charge in [0.1, 0.15) is 18.5 Å². The van der Waals surface area contributed by atoms with Gasteiger partial charge in [0, 0.05) is 49.1 Å². The molecule has 5 nitrogen and oxygen atoms in total. The van der Waals surface area contributed by atoms with Crippen LogP contribution in [-0.2, 0) is 19.9 Å². The van der Waals surface area contributed by atoms with E-state index in [4.69, 9.17) is 9.84 Å². The molecule has 0 saturated heterocycles. The number of rotatable bonds is 4. The predicted octanol–water partition coefficient (Wildman–Crippen LogP) is 3.84. The Balaban J connectivity index is 1.55. The molecule has 0 amide bonds. The summed E-state index contributed by atoms with van der Waals surface area (Å²) in [6.07, 6.45) is 8.66. The van der Waals surface area contributed by atoms with Gasteiger partial charge in [0.05, 0.1) is 18.7 Å². The predicted molar refractivity (Wildman–Crippen MR) is 123 cm³/mol. The van der Waals surface area contributed by atoms with Crippen molar-refractivity contribution in [2.75, 3.05) is 37.2 Å². The van der Waals surface area contributed by atoms with Gasteiger partial charge in [-0.2, -0.15) is 5.10 Å². The summed E-state index contributed by atoms with van der Waals surface area (Å²) in [5.41, 5.74) is 7.57. The zero-order valence-corrected chi connectivity index (χ0v) is 18.1. The number of nitrogens with zero attached hydrogens (tertiary/aromatic N) is 4. The summed E-state index contributed by atoms with van der Waals surface area (Å²) in [4.78, 5) is 2.54. The summed E-state index contributed by atoms with van der Waals surface area (Å²) in [6, 6.07) is 12.8. The number of aryl methyl sites for hydroxylation is 2. The van der Waals surface area contributed by atoms with E-state index in [1.54, 1.807) is 7.11 Å². The first kappa shape index (κ1) is 18.9. The van der Waals surface area contributed by atoms with Crippen LogP contribution in [0.15, 0.2) is 47.7 Å². The zero-order chi connectivity index (χ0) is 20.7. The molecule has 2 aliphatic rings. The Kier molecular flexibility index (Phi) is 4.81. The van der Waals surface area contributed by atoms with Gasteiger partial charge in [-0.25, -0.2) is 4.57 Å². The highest BCUT2D eigenvalue weighted by atomic mass is 16.5. The number of aromatic nitrogens is 1. The van der Waals surface area contributed by atoms with E-state index in [2.05, 4.69) is 59.1 Å². The molecule has 0 fully saturated rings. The highest BCUT2D eigenvalue weighted by molar-refractivity contribution is 5.97. The van der Waals surface area contributed by atoms with Crippen LogP contribution >= 0.6 is 0 Å². The van der Waals surface area contributed by atoms with E-state index in [9.17, 15) is 0 Å². The normalized spacial score (nSPS) is 15.5. The van der Waals surface area contributed by atoms with Crippen LogP contribution in [0.4, 0.5) is 11.4 Å². The Bertz CT molecular complexity index is 1140. The van der Waals surface area contributed by atoms with Gasteiger partial charge >= 0.3 is 0 Å². The van der Waals surface area contributed by atoms with E-state index in [1.807, 2.05) is 18.3 Å². The maximum Gasteiger partial charge on any atom is 0.212 e. The van der Waals surface area contributed by atoms with Crippen molar-refractivity contribution in [2.45, 2.75) is 25.7 Å². The van der Waals surface area contributed by atoms with Crippen LogP contribution < -0.4 is 19.2 Å². The minimum atomic E-state index is 0.976. The van der Waals surface area contributed by atoms with E-state index in [-0.39, 0.29) is 0 Å². The number of hydrogen-bond acceptors (Lipinski definition) is 4. The Morgan fingerprint density at radius 2 is 1.93 bits per heavy atom. The second-order valence-corrected chi connectivity index (χ2v) is 8.28. The lowest BCUT2D eigenvalue weighted by atomic mass is 9.90. The van der Waals surface area contributed by atoms with Gasteiger partial charge in [0.15, 0.2) is 6.20 Å². The molecular weight excluding hydrogens is 372 g/mol. The van der Waals surface area contributed by atoms with Gasteiger partial charge in [-0.05, 0) is 43.4 Å². The van der Waals surface area contributed by atoms with E-state index >= 15 is 0 Å². The molecule has 5 rings (SSSR count). The van der Waals surface area contributed by atoms with E-state index in [1.165, 1.54) is 40.6 Å². The number of methoxy groups -OCH3 is 1. The van der Waals surface area contributed by atoms with Crippen LogP contribution in [0.1, 0.15) is 29.5 Å². The molecular formula is C25H29N4O+. The molecule has 0 saturated carbocycles. The molecule has 0 atom stereocenters. The largest absolute Gasteiger partial charge is 0.494 e. The van der Waals surface area contributed by atoms with Crippen LogP contribution in [0.3, 0.4) is 0 Å². The molecule has 0 N–H and O–H groups in total. The summed E-state index contributed by atoms with van der Waals surface area (Å²) < 4.78 is 8.07. The minimum absolute atomic E-state index is 0.976. The van der Waals surface area contributed by atoms with E-state index in [0.717, 1.165) is 42.9 Å². The molecule has 5 heteroatoms. The molecule has 0 unspecified atom stereocenters. The molecule has 3 aromatic rings. The highest BCUT2D eigenvalue weighted by Crippen LogP contribution is 2.45. The second kappa shape index (κ2) is 7.63. The lowest BCUT2D eigenvalue weighted by molar-refractivity contribution is -0.644. The molecule has 2 aromatic carbocycles. The molecule has 3 heterocycles. The summed E-state index contributed by atoms with van der Waals surface area (Å²) in [7, 11) is 5.87. The van der Waals surface area contributed by atoms with Gasteiger partial charge < -0.3 is 9.64 Å². The van der Waals surface area contributed by atoms with Crippen molar-refractivity contribution in [1.82, 2.24) is 0 Å². The molecule has 0 bridgehead atoms. The standard InChI is InChI=1S/C25H29N4O/c1-27-15-12-19(20-9-4-5-11-22(20)27)17-26-28(2)23-16-18-8-6-13-29-14-7-10-21(24(18)29)25(23)30-3/h4-5,9,11-12,15-17H,6-8,10,13-14H2,1-3H3/q+1. The van der Waals surface area contributed by atoms with Crippen molar-refractivity contribution in [3.8, 4) is 5.75 Å². The summed E-state index contributed by atoms with van der Waals surface area (Å²) in [6.45, 7) is 2.32. The zero-order valence-electron chi connectivity index (χ0n) is 18.1.